The molecule has 2 aromatic rings. The van der Waals surface area contributed by atoms with Crippen LogP contribution in [0.4, 0.5) is 0 Å². The van der Waals surface area contributed by atoms with Crippen molar-refractivity contribution in [1.82, 2.24) is 14.9 Å². The zero-order valence-electron chi connectivity index (χ0n) is 12.6. The summed E-state index contributed by atoms with van der Waals surface area (Å²) in [6.07, 6.45) is 4.09. The Morgan fingerprint density at radius 1 is 1.50 bits per heavy atom. The first-order valence-corrected chi connectivity index (χ1v) is 8.40. The predicted molar refractivity (Wildman–Crippen MR) is 85.0 cm³/mol. The molecule has 1 aliphatic heterocycles. The van der Waals surface area contributed by atoms with E-state index in [1.165, 1.54) is 0 Å². The molecule has 3 rings (SSSR count). The van der Waals surface area contributed by atoms with Crippen molar-refractivity contribution >= 4 is 17.2 Å². The zero-order chi connectivity index (χ0) is 15.4. The molecule has 1 saturated heterocycles. The number of thiophene rings is 1. The highest BCUT2D eigenvalue weighted by Gasteiger charge is 2.25. The van der Waals surface area contributed by atoms with E-state index in [4.69, 9.17) is 4.74 Å². The summed E-state index contributed by atoms with van der Waals surface area (Å²) in [7, 11) is 0. The van der Waals surface area contributed by atoms with Crippen molar-refractivity contribution in [1.29, 1.82) is 0 Å². The first-order chi connectivity index (χ1) is 10.7. The van der Waals surface area contributed by atoms with Gasteiger partial charge in [-0.15, -0.1) is 0 Å². The van der Waals surface area contributed by atoms with Crippen molar-refractivity contribution in [2.45, 2.75) is 32.3 Å². The van der Waals surface area contributed by atoms with Crippen LogP contribution in [0.3, 0.4) is 0 Å². The topological polar surface area (TPSA) is 55.3 Å². The Morgan fingerprint density at radius 2 is 2.41 bits per heavy atom. The van der Waals surface area contributed by atoms with E-state index in [-0.39, 0.29) is 12.0 Å². The normalized spacial score (nSPS) is 18.2. The maximum atomic E-state index is 12.4. The van der Waals surface area contributed by atoms with Crippen LogP contribution in [0.2, 0.25) is 0 Å². The van der Waals surface area contributed by atoms with Crippen LogP contribution in [0.25, 0.3) is 0 Å². The number of amides is 1. The van der Waals surface area contributed by atoms with Crippen molar-refractivity contribution in [2.75, 3.05) is 13.1 Å². The van der Waals surface area contributed by atoms with Crippen LogP contribution in [0.15, 0.2) is 29.1 Å². The molecule has 3 heterocycles. The molecule has 0 aliphatic carbocycles. The second kappa shape index (κ2) is 6.87. The number of aryl methyl sites for hydroxylation is 1. The number of hydrogen-bond donors (Lipinski definition) is 0. The number of rotatable bonds is 4. The van der Waals surface area contributed by atoms with Crippen molar-refractivity contribution in [2.24, 2.45) is 0 Å². The highest BCUT2D eigenvalue weighted by molar-refractivity contribution is 7.07. The molecule has 1 amide bonds. The Bertz CT molecular complexity index is 630. The fourth-order valence-electron chi connectivity index (χ4n) is 2.61. The van der Waals surface area contributed by atoms with E-state index in [1.54, 1.807) is 23.6 Å². The van der Waals surface area contributed by atoms with Crippen LogP contribution in [0.1, 0.15) is 24.2 Å². The smallest absolute Gasteiger partial charge is 0.227 e. The van der Waals surface area contributed by atoms with E-state index in [0.717, 1.165) is 24.9 Å². The molecule has 0 bridgehead atoms. The number of aromatic nitrogens is 2. The number of hydrogen-bond acceptors (Lipinski definition) is 5. The standard InChI is InChI=1S/C16H19N3O2S/c1-12-17-6-4-15(18-12)21-14-3-2-7-19(10-14)16(20)9-13-5-8-22-11-13/h4-6,8,11,14H,2-3,7,9-10H2,1H3/t14-/m1/s1. The lowest BCUT2D eigenvalue weighted by Gasteiger charge is -2.32. The molecule has 1 atom stereocenters. The highest BCUT2D eigenvalue weighted by Crippen LogP contribution is 2.18. The molecule has 5 nitrogen and oxygen atoms in total. The van der Waals surface area contributed by atoms with Gasteiger partial charge in [0.25, 0.3) is 0 Å². The average molecular weight is 317 g/mol. The van der Waals surface area contributed by atoms with Crippen LogP contribution in [0.5, 0.6) is 5.88 Å². The lowest BCUT2D eigenvalue weighted by Crippen LogP contribution is -2.45. The van der Waals surface area contributed by atoms with E-state index in [0.29, 0.717) is 24.7 Å². The van der Waals surface area contributed by atoms with Gasteiger partial charge in [-0.25, -0.2) is 4.98 Å². The Morgan fingerprint density at radius 3 is 3.18 bits per heavy atom. The quantitative estimate of drug-likeness (QED) is 0.869. The van der Waals surface area contributed by atoms with Crippen LogP contribution >= 0.6 is 11.3 Å². The first kappa shape index (κ1) is 15.0. The van der Waals surface area contributed by atoms with Crippen LogP contribution in [0, 0.1) is 6.92 Å². The van der Waals surface area contributed by atoms with Crippen molar-refractivity contribution < 1.29 is 9.53 Å². The number of piperidine rings is 1. The summed E-state index contributed by atoms with van der Waals surface area (Å²) in [5, 5.41) is 4.03. The van der Waals surface area contributed by atoms with Gasteiger partial charge in [0.15, 0.2) is 0 Å². The minimum atomic E-state index is 0.00877. The van der Waals surface area contributed by atoms with Crippen LogP contribution < -0.4 is 4.74 Å². The lowest BCUT2D eigenvalue weighted by atomic mass is 10.1. The van der Waals surface area contributed by atoms with Gasteiger partial charge in [0, 0.05) is 18.8 Å². The summed E-state index contributed by atoms with van der Waals surface area (Å²) in [6, 6.07) is 3.77. The van der Waals surface area contributed by atoms with Gasteiger partial charge in [-0.1, -0.05) is 0 Å². The molecular formula is C16H19N3O2S. The van der Waals surface area contributed by atoms with Gasteiger partial charge in [-0.2, -0.15) is 16.3 Å². The number of carbonyl (C=O) groups is 1. The minimum absolute atomic E-state index is 0.00877. The molecule has 22 heavy (non-hydrogen) atoms. The molecule has 0 radical (unpaired) electrons. The van der Waals surface area contributed by atoms with E-state index in [9.17, 15) is 4.79 Å². The summed E-state index contributed by atoms with van der Waals surface area (Å²) in [5.41, 5.74) is 1.09. The molecule has 0 spiro atoms. The predicted octanol–water partition coefficient (Wildman–Crippen LogP) is 2.46. The summed E-state index contributed by atoms with van der Waals surface area (Å²) in [5.74, 6) is 1.45. The van der Waals surface area contributed by atoms with Crippen molar-refractivity contribution in [3.63, 3.8) is 0 Å². The third kappa shape index (κ3) is 3.82. The Labute approximate surface area is 134 Å². The number of nitrogens with zero attached hydrogens (tertiary/aromatic N) is 3. The lowest BCUT2D eigenvalue weighted by molar-refractivity contribution is -0.133. The van der Waals surface area contributed by atoms with Gasteiger partial charge in [-0.05, 0) is 42.2 Å². The Kier molecular flexibility index (Phi) is 4.68. The summed E-state index contributed by atoms with van der Waals surface area (Å²) in [6.45, 7) is 3.28. The molecule has 0 unspecified atom stereocenters. The SMILES string of the molecule is Cc1nccc(O[C@@H]2CCCN(C(=O)Cc3ccsc3)C2)n1. The molecule has 2 aromatic heterocycles. The molecule has 1 fully saturated rings. The summed E-state index contributed by atoms with van der Waals surface area (Å²) < 4.78 is 5.91. The van der Waals surface area contributed by atoms with Gasteiger partial charge in [0.05, 0.1) is 13.0 Å². The molecule has 116 valence electrons. The second-order valence-electron chi connectivity index (χ2n) is 5.47. The van der Waals surface area contributed by atoms with Gasteiger partial charge in [-0.3, -0.25) is 4.79 Å². The highest BCUT2D eigenvalue weighted by atomic mass is 32.1. The zero-order valence-corrected chi connectivity index (χ0v) is 13.4. The number of carbonyl (C=O) groups excluding carboxylic acids is 1. The van der Waals surface area contributed by atoms with E-state index >= 15 is 0 Å². The molecule has 1 aliphatic rings. The maximum absolute atomic E-state index is 12.4. The maximum Gasteiger partial charge on any atom is 0.227 e. The first-order valence-electron chi connectivity index (χ1n) is 7.46. The third-order valence-corrected chi connectivity index (χ3v) is 4.44. The van der Waals surface area contributed by atoms with Gasteiger partial charge in [0.1, 0.15) is 11.9 Å². The molecule has 0 saturated carbocycles. The fourth-order valence-corrected chi connectivity index (χ4v) is 3.28. The second-order valence-corrected chi connectivity index (χ2v) is 6.25. The van der Waals surface area contributed by atoms with Crippen molar-refractivity contribution in [3.8, 4) is 5.88 Å². The van der Waals surface area contributed by atoms with Crippen LogP contribution in [-0.4, -0.2) is 40.0 Å². The molecule has 6 heteroatoms. The molecule has 0 aromatic carbocycles. The minimum Gasteiger partial charge on any atom is -0.472 e. The monoisotopic (exact) mass is 317 g/mol. The van der Waals surface area contributed by atoms with Gasteiger partial charge in [0.2, 0.25) is 11.8 Å². The van der Waals surface area contributed by atoms with Gasteiger partial charge >= 0.3 is 0 Å². The third-order valence-electron chi connectivity index (χ3n) is 3.70. The summed E-state index contributed by atoms with van der Waals surface area (Å²) >= 11 is 1.62. The van der Waals surface area contributed by atoms with Gasteiger partial charge < -0.3 is 9.64 Å². The average Bonchev–Trinajstić information content (AvgIpc) is 3.00. The Hall–Kier alpha value is -1.95. The fraction of sp³-hybridized carbons (Fsp3) is 0.438. The molecular weight excluding hydrogens is 298 g/mol. The van der Waals surface area contributed by atoms with E-state index in [1.807, 2.05) is 28.7 Å². The van der Waals surface area contributed by atoms with Crippen LogP contribution in [-0.2, 0) is 11.2 Å². The number of ether oxygens (including phenoxy) is 1. The Balaban J connectivity index is 1.58. The van der Waals surface area contributed by atoms with E-state index in [2.05, 4.69) is 9.97 Å². The van der Waals surface area contributed by atoms with E-state index < -0.39 is 0 Å². The largest absolute Gasteiger partial charge is 0.472 e. The molecule has 0 N–H and O–H groups in total. The summed E-state index contributed by atoms with van der Waals surface area (Å²) in [4.78, 5) is 22.6. The van der Waals surface area contributed by atoms with Crippen molar-refractivity contribution in [3.05, 3.63) is 40.5 Å². The number of likely N-dealkylation sites (tertiary alicyclic amines) is 1.